The van der Waals surface area contributed by atoms with Crippen LogP contribution in [0.5, 0.6) is 0 Å². The predicted molar refractivity (Wildman–Crippen MR) is 81.9 cm³/mol. The second-order valence-electron chi connectivity index (χ2n) is 4.86. The molecule has 0 fully saturated rings. The van der Waals surface area contributed by atoms with Gasteiger partial charge < -0.3 is 10.4 Å². The van der Waals surface area contributed by atoms with E-state index >= 15 is 0 Å². The Morgan fingerprint density at radius 2 is 2.09 bits per heavy atom. The maximum absolute atomic E-state index is 12.0. The number of hydrogen-bond acceptors (Lipinski definition) is 5. The Kier molecular flexibility index (Phi) is 5.56. The van der Waals surface area contributed by atoms with Crippen molar-refractivity contribution in [3.63, 3.8) is 0 Å². The summed E-state index contributed by atoms with van der Waals surface area (Å²) in [4.78, 5) is 23.1. The fraction of sp³-hybridized carbons (Fsp3) is 0.267. The number of allylic oxidation sites excluding steroid dienone is 1. The predicted octanol–water partition coefficient (Wildman–Crippen LogP) is 0.740. The molecule has 0 radical (unpaired) electrons. The molecule has 0 spiro atoms. The first-order valence-corrected chi connectivity index (χ1v) is 7.05. The van der Waals surface area contributed by atoms with Crippen LogP contribution in [0.3, 0.4) is 0 Å². The van der Waals surface area contributed by atoms with Crippen molar-refractivity contribution in [1.29, 1.82) is 0 Å². The summed E-state index contributed by atoms with van der Waals surface area (Å²) in [6.07, 6.45) is 5.30. The maximum Gasteiger partial charge on any atom is 0.326 e. The van der Waals surface area contributed by atoms with E-state index < -0.39 is 12.0 Å². The van der Waals surface area contributed by atoms with Crippen molar-refractivity contribution in [3.8, 4) is 5.69 Å². The first-order chi connectivity index (χ1) is 11.1. The first-order valence-electron chi connectivity index (χ1n) is 7.05. The molecule has 0 saturated heterocycles. The van der Waals surface area contributed by atoms with E-state index in [0.29, 0.717) is 0 Å². The Labute approximate surface area is 132 Å². The largest absolute Gasteiger partial charge is 0.480 e. The SMILES string of the molecule is C/C=C/CC(NC(=O)Cc1ccc(-n2cnnn2)cc1)C(=O)O. The van der Waals surface area contributed by atoms with Gasteiger partial charge in [0.2, 0.25) is 5.91 Å². The number of carboxylic acids is 1. The minimum atomic E-state index is -1.05. The molecule has 1 heterocycles. The molecule has 8 nitrogen and oxygen atoms in total. The Hall–Kier alpha value is -3.03. The normalized spacial score (nSPS) is 12.2. The Bertz CT molecular complexity index is 680. The molecule has 1 unspecified atom stereocenters. The zero-order chi connectivity index (χ0) is 16.7. The van der Waals surface area contributed by atoms with Crippen LogP contribution >= 0.6 is 0 Å². The van der Waals surface area contributed by atoms with Gasteiger partial charge in [-0.2, -0.15) is 0 Å². The van der Waals surface area contributed by atoms with E-state index in [0.717, 1.165) is 11.3 Å². The number of carbonyl (C=O) groups is 2. The molecular formula is C15H17N5O3. The van der Waals surface area contributed by atoms with Gasteiger partial charge in [-0.1, -0.05) is 24.3 Å². The van der Waals surface area contributed by atoms with E-state index in [4.69, 9.17) is 5.11 Å². The van der Waals surface area contributed by atoms with Crippen molar-refractivity contribution in [2.45, 2.75) is 25.8 Å². The van der Waals surface area contributed by atoms with Gasteiger partial charge in [-0.25, -0.2) is 9.48 Å². The minimum absolute atomic E-state index is 0.107. The van der Waals surface area contributed by atoms with Crippen LogP contribution in [0.15, 0.2) is 42.7 Å². The number of rotatable bonds is 7. The average molecular weight is 315 g/mol. The van der Waals surface area contributed by atoms with Crippen molar-refractivity contribution in [2.75, 3.05) is 0 Å². The maximum atomic E-state index is 12.0. The summed E-state index contributed by atoms with van der Waals surface area (Å²) in [6, 6.07) is 6.21. The van der Waals surface area contributed by atoms with Crippen LogP contribution in [-0.2, 0) is 16.0 Å². The number of tetrazole rings is 1. The molecule has 1 aromatic heterocycles. The third-order valence-corrected chi connectivity index (χ3v) is 3.16. The molecule has 0 bridgehead atoms. The number of nitrogens with one attached hydrogen (secondary N) is 1. The van der Waals surface area contributed by atoms with Crippen LogP contribution in [0.25, 0.3) is 5.69 Å². The van der Waals surface area contributed by atoms with E-state index in [-0.39, 0.29) is 18.7 Å². The van der Waals surface area contributed by atoms with E-state index in [1.54, 1.807) is 43.3 Å². The lowest BCUT2D eigenvalue weighted by Gasteiger charge is -2.12. The van der Waals surface area contributed by atoms with Crippen LogP contribution in [-0.4, -0.2) is 43.2 Å². The summed E-state index contributed by atoms with van der Waals surface area (Å²) in [5.41, 5.74) is 1.55. The topological polar surface area (TPSA) is 110 Å². The molecule has 0 aliphatic carbocycles. The van der Waals surface area contributed by atoms with Gasteiger partial charge in [0.05, 0.1) is 12.1 Å². The third kappa shape index (κ3) is 4.73. The zero-order valence-corrected chi connectivity index (χ0v) is 12.6. The van der Waals surface area contributed by atoms with Gasteiger partial charge in [0.25, 0.3) is 0 Å². The van der Waals surface area contributed by atoms with Gasteiger partial charge in [-0.3, -0.25) is 4.79 Å². The number of carbonyl (C=O) groups excluding carboxylic acids is 1. The highest BCUT2D eigenvalue weighted by atomic mass is 16.4. The Balaban J connectivity index is 1.95. The molecule has 2 N–H and O–H groups in total. The summed E-state index contributed by atoms with van der Waals surface area (Å²) >= 11 is 0. The van der Waals surface area contributed by atoms with Crippen molar-refractivity contribution in [1.82, 2.24) is 25.5 Å². The lowest BCUT2D eigenvalue weighted by atomic mass is 10.1. The van der Waals surface area contributed by atoms with Crippen LogP contribution in [0.4, 0.5) is 0 Å². The molecule has 2 aromatic rings. The molecule has 1 amide bonds. The van der Waals surface area contributed by atoms with Gasteiger partial charge in [-0.15, -0.1) is 5.10 Å². The van der Waals surface area contributed by atoms with E-state index in [2.05, 4.69) is 20.8 Å². The number of aliphatic carboxylic acids is 1. The minimum Gasteiger partial charge on any atom is -0.480 e. The van der Waals surface area contributed by atoms with Crippen LogP contribution in [0.2, 0.25) is 0 Å². The Morgan fingerprint density at radius 1 is 1.35 bits per heavy atom. The van der Waals surface area contributed by atoms with Crippen molar-refractivity contribution >= 4 is 11.9 Å². The second kappa shape index (κ2) is 7.83. The van der Waals surface area contributed by atoms with Crippen LogP contribution < -0.4 is 5.32 Å². The molecule has 23 heavy (non-hydrogen) atoms. The van der Waals surface area contributed by atoms with E-state index in [1.807, 2.05) is 0 Å². The van der Waals surface area contributed by atoms with Crippen molar-refractivity contribution < 1.29 is 14.7 Å². The van der Waals surface area contributed by atoms with E-state index in [1.165, 1.54) is 11.0 Å². The number of carboxylic acid groups (broad SMARTS) is 1. The second-order valence-corrected chi connectivity index (χ2v) is 4.86. The highest BCUT2D eigenvalue weighted by Gasteiger charge is 2.18. The molecule has 1 aromatic carbocycles. The number of benzene rings is 1. The van der Waals surface area contributed by atoms with E-state index in [9.17, 15) is 9.59 Å². The van der Waals surface area contributed by atoms with Crippen molar-refractivity contribution in [2.24, 2.45) is 0 Å². The summed E-state index contributed by atoms with van der Waals surface area (Å²) in [5.74, 6) is -1.39. The fourth-order valence-corrected chi connectivity index (χ4v) is 1.97. The number of hydrogen-bond donors (Lipinski definition) is 2. The van der Waals surface area contributed by atoms with Crippen molar-refractivity contribution in [3.05, 3.63) is 48.3 Å². The lowest BCUT2D eigenvalue weighted by Crippen LogP contribution is -2.41. The standard InChI is InChI=1S/C15H17N5O3/c1-2-3-4-13(15(22)23)17-14(21)9-11-5-7-12(8-6-11)20-10-16-18-19-20/h2-3,5-8,10,13H,4,9H2,1H3,(H,17,21)(H,22,23)/b3-2+. The zero-order valence-electron chi connectivity index (χ0n) is 12.6. The van der Waals surface area contributed by atoms with Gasteiger partial charge in [0.15, 0.2) is 0 Å². The number of nitrogens with zero attached hydrogens (tertiary/aromatic N) is 4. The summed E-state index contributed by atoms with van der Waals surface area (Å²) in [6.45, 7) is 1.80. The fourth-order valence-electron chi connectivity index (χ4n) is 1.97. The summed E-state index contributed by atoms with van der Waals surface area (Å²) in [7, 11) is 0. The molecule has 8 heteroatoms. The van der Waals surface area contributed by atoms with Gasteiger partial charge in [-0.05, 0) is 41.5 Å². The molecular weight excluding hydrogens is 298 g/mol. The quantitative estimate of drug-likeness (QED) is 0.729. The molecule has 0 aliphatic rings. The average Bonchev–Trinajstić information content (AvgIpc) is 3.06. The van der Waals surface area contributed by atoms with Crippen LogP contribution in [0.1, 0.15) is 18.9 Å². The first kappa shape index (κ1) is 16.3. The summed E-state index contributed by atoms with van der Waals surface area (Å²) in [5, 5.41) is 22.5. The molecule has 1 atom stereocenters. The molecule has 0 saturated carbocycles. The monoisotopic (exact) mass is 315 g/mol. The molecule has 0 aliphatic heterocycles. The van der Waals surface area contributed by atoms with Gasteiger partial charge in [0, 0.05) is 0 Å². The molecule has 120 valence electrons. The van der Waals surface area contributed by atoms with Gasteiger partial charge >= 0.3 is 5.97 Å². The molecule has 2 rings (SSSR count). The summed E-state index contributed by atoms with van der Waals surface area (Å²) < 4.78 is 1.50. The number of amides is 1. The third-order valence-electron chi connectivity index (χ3n) is 3.16. The highest BCUT2D eigenvalue weighted by molar-refractivity contribution is 5.85. The smallest absolute Gasteiger partial charge is 0.326 e. The number of aromatic nitrogens is 4. The van der Waals surface area contributed by atoms with Gasteiger partial charge in [0.1, 0.15) is 12.4 Å². The van der Waals surface area contributed by atoms with Crippen LogP contribution in [0, 0.1) is 0 Å². The highest BCUT2D eigenvalue weighted by Crippen LogP contribution is 2.08. The Morgan fingerprint density at radius 3 is 2.65 bits per heavy atom. The lowest BCUT2D eigenvalue weighted by molar-refractivity contribution is -0.141.